The van der Waals surface area contributed by atoms with E-state index >= 15 is 0 Å². The summed E-state index contributed by atoms with van der Waals surface area (Å²) < 4.78 is 74.8. The van der Waals surface area contributed by atoms with E-state index in [-0.39, 0.29) is 34.5 Å². The molecule has 1 saturated carbocycles. The van der Waals surface area contributed by atoms with Gasteiger partial charge in [0.15, 0.2) is 0 Å². The maximum Gasteiger partial charge on any atom is 0.573 e. The highest BCUT2D eigenvalue weighted by atomic mass is 32.2. The number of ether oxygens (including phenoxy) is 2. The fourth-order valence-electron chi connectivity index (χ4n) is 3.92. The number of aliphatic hydroxyl groups excluding tert-OH is 1. The molecule has 1 fully saturated rings. The summed E-state index contributed by atoms with van der Waals surface area (Å²) >= 11 is 0. The third-order valence-electron chi connectivity index (χ3n) is 5.49. The molecule has 1 amide bonds. The molecule has 8 nitrogen and oxygen atoms in total. The van der Waals surface area contributed by atoms with Crippen molar-refractivity contribution >= 4 is 27.3 Å². The summed E-state index contributed by atoms with van der Waals surface area (Å²) in [7, 11) is -4.28. The molecule has 0 unspecified atom stereocenters. The van der Waals surface area contributed by atoms with Gasteiger partial charge in [0.1, 0.15) is 22.5 Å². The van der Waals surface area contributed by atoms with Crippen LogP contribution < -0.4 is 19.5 Å². The molecule has 0 spiro atoms. The fourth-order valence-corrected chi connectivity index (χ4v) is 5.10. The molecule has 0 bridgehead atoms. The number of hydrogen-bond donors (Lipinski definition) is 3. The number of alkyl halides is 3. The lowest BCUT2D eigenvalue weighted by atomic mass is 9.85. The zero-order chi connectivity index (χ0) is 25.6. The van der Waals surface area contributed by atoms with E-state index in [1.54, 1.807) is 6.92 Å². The van der Waals surface area contributed by atoms with Crippen LogP contribution in [0.2, 0.25) is 0 Å². The number of carbonyl (C=O) groups is 1. The van der Waals surface area contributed by atoms with Crippen LogP contribution in [0.3, 0.4) is 0 Å². The first kappa shape index (κ1) is 26.6. The molecule has 3 N–H and O–H groups in total. The minimum absolute atomic E-state index is 0.0762. The molecule has 1 aliphatic rings. The third kappa shape index (κ3) is 7.49. The van der Waals surface area contributed by atoms with Gasteiger partial charge in [-0.15, -0.1) is 13.2 Å². The Bertz CT molecular complexity index is 1130. The highest BCUT2D eigenvalue weighted by molar-refractivity contribution is 7.92. The molecule has 0 heterocycles. The molecule has 12 heteroatoms. The molecular formula is C23H27F3N2O6S. The maximum absolute atomic E-state index is 13.0. The van der Waals surface area contributed by atoms with E-state index in [2.05, 4.69) is 14.8 Å². The lowest BCUT2D eigenvalue weighted by Gasteiger charge is -2.25. The normalized spacial score (nSPS) is 15.8. The van der Waals surface area contributed by atoms with Gasteiger partial charge in [-0.2, -0.15) is 0 Å². The lowest BCUT2D eigenvalue weighted by molar-refractivity contribution is -0.274. The van der Waals surface area contributed by atoms with E-state index in [1.165, 1.54) is 30.3 Å². The predicted molar refractivity (Wildman–Crippen MR) is 123 cm³/mol. The Morgan fingerprint density at radius 1 is 1.11 bits per heavy atom. The van der Waals surface area contributed by atoms with Crippen LogP contribution in [0.25, 0.3) is 0 Å². The minimum atomic E-state index is -4.93. The summed E-state index contributed by atoms with van der Waals surface area (Å²) in [4.78, 5) is 12.2. The van der Waals surface area contributed by atoms with Crippen LogP contribution in [-0.4, -0.2) is 38.5 Å². The number of aliphatic hydroxyl groups is 1. The summed E-state index contributed by atoms with van der Waals surface area (Å²) in [6, 6.07) is 8.26. The minimum Gasteiger partial charge on any atom is -0.492 e. The van der Waals surface area contributed by atoms with E-state index < -0.39 is 34.1 Å². The Hall–Kier alpha value is -2.99. The topological polar surface area (TPSA) is 114 Å². The summed E-state index contributed by atoms with van der Waals surface area (Å²) in [5.74, 6) is -1.38. The van der Waals surface area contributed by atoms with E-state index in [1.807, 2.05) is 0 Å². The van der Waals surface area contributed by atoms with Gasteiger partial charge in [-0.05, 0) is 49.9 Å². The van der Waals surface area contributed by atoms with Gasteiger partial charge in [-0.25, -0.2) is 8.42 Å². The van der Waals surface area contributed by atoms with Gasteiger partial charge < -0.3 is 19.9 Å². The standard InChI is InChI=1S/C23H27F3N2O6S/c1-2-33-19-14-16(27-22(30)21(29)15-7-4-3-5-8-15)11-12-20(19)35(31,32)28-17-9-6-10-18(13-17)34-23(24,25)26/h6,9-15,21,28-29H,2-5,7-8H2,1H3,(H,27,30)/t21-/m0/s1. The lowest BCUT2D eigenvalue weighted by Crippen LogP contribution is -2.35. The predicted octanol–water partition coefficient (Wildman–Crippen LogP) is 4.66. The molecule has 2 aromatic carbocycles. The Labute approximate surface area is 201 Å². The van der Waals surface area contributed by atoms with Crippen molar-refractivity contribution in [3.8, 4) is 11.5 Å². The van der Waals surface area contributed by atoms with Crippen molar-refractivity contribution in [1.82, 2.24) is 0 Å². The number of sulfonamides is 1. The molecule has 0 radical (unpaired) electrons. The van der Waals surface area contributed by atoms with Crippen LogP contribution in [0.5, 0.6) is 11.5 Å². The molecule has 0 aromatic heterocycles. The van der Waals surface area contributed by atoms with Crippen molar-refractivity contribution in [2.75, 3.05) is 16.6 Å². The SMILES string of the molecule is CCOc1cc(NC(=O)[C@@H](O)C2CCCCC2)ccc1S(=O)(=O)Nc1cccc(OC(F)(F)F)c1. The Morgan fingerprint density at radius 2 is 1.83 bits per heavy atom. The fraction of sp³-hybridized carbons (Fsp3) is 0.435. The van der Waals surface area contributed by atoms with Crippen molar-refractivity contribution < 1.29 is 41.0 Å². The maximum atomic E-state index is 13.0. The van der Waals surface area contributed by atoms with Gasteiger partial charge in [-0.3, -0.25) is 9.52 Å². The quantitative estimate of drug-likeness (QED) is 0.447. The summed E-state index contributed by atoms with van der Waals surface area (Å²) in [6.45, 7) is 1.75. The van der Waals surface area contributed by atoms with Crippen LogP contribution in [0, 0.1) is 5.92 Å². The number of halogens is 3. The third-order valence-corrected chi connectivity index (χ3v) is 6.91. The molecule has 35 heavy (non-hydrogen) atoms. The van der Waals surface area contributed by atoms with Gasteiger partial charge in [0.25, 0.3) is 15.9 Å². The second-order valence-electron chi connectivity index (χ2n) is 8.11. The van der Waals surface area contributed by atoms with E-state index in [0.717, 1.165) is 44.2 Å². The number of hydrogen-bond acceptors (Lipinski definition) is 6. The first-order chi connectivity index (χ1) is 16.5. The molecule has 192 valence electrons. The van der Waals surface area contributed by atoms with Crippen LogP contribution in [0.4, 0.5) is 24.5 Å². The van der Waals surface area contributed by atoms with Crippen molar-refractivity contribution in [2.45, 2.75) is 56.4 Å². The summed E-state index contributed by atoms with van der Waals surface area (Å²) in [6.07, 6.45) is -1.60. The average molecular weight is 517 g/mol. The molecular weight excluding hydrogens is 489 g/mol. The zero-order valence-corrected chi connectivity index (χ0v) is 19.8. The van der Waals surface area contributed by atoms with E-state index in [9.17, 15) is 31.5 Å². The van der Waals surface area contributed by atoms with Gasteiger partial charge in [0.05, 0.1) is 12.3 Å². The Balaban J connectivity index is 1.78. The smallest absolute Gasteiger partial charge is 0.492 e. The van der Waals surface area contributed by atoms with Gasteiger partial charge in [0.2, 0.25) is 0 Å². The Kier molecular flexibility index (Phi) is 8.49. The molecule has 2 aromatic rings. The average Bonchev–Trinajstić information content (AvgIpc) is 2.78. The van der Waals surface area contributed by atoms with Crippen molar-refractivity contribution in [1.29, 1.82) is 0 Å². The molecule has 0 saturated heterocycles. The largest absolute Gasteiger partial charge is 0.573 e. The van der Waals surface area contributed by atoms with Gasteiger partial charge >= 0.3 is 6.36 Å². The number of carbonyl (C=O) groups excluding carboxylic acids is 1. The highest BCUT2D eigenvalue weighted by Crippen LogP contribution is 2.32. The van der Waals surface area contributed by atoms with Crippen molar-refractivity contribution in [3.63, 3.8) is 0 Å². The first-order valence-electron chi connectivity index (χ1n) is 11.1. The number of amides is 1. The van der Waals surface area contributed by atoms with E-state index in [4.69, 9.17) is 4.74 Å². The Morgan fingerprint density at radius 3 is 2.49 bits per heavy atom. The number of benzene rings is 2. The molecule has 1 aliphatic carbocycles. The van der Waals surface area contributed by atoms with Gasteiger partial charge in [0, 0.05) is 17.8 Å². The van der Waals surface area contributed by atoms with E-state index in [0.29, 0.717) is 0 Å². The van der Waals surface area contributed by atoms with Gasteiger partial charge in [-0.1, -0.05) is 25.3 Å². The number of rotatable bonds is 9. The zero-order valence-electron chi connectivity index (χ0n) is 19.0. The van der Waals surface area contributed by atoms with Crippen molar-refractivity contribution in [2.24, 2.45) is 5.92 Å². The number of anilines is 2. The molecule has 0 aliphatic heterocycles. The van der Waals surface area contributed by atoms with Crippen LogP contribution in [0.1, 0.15) is 39.0 Å². The second kappa shape index (κ2) is 11.2. The van der Waals surface area contributed by atoms with Crippen LogP contribution in [0.15, 0.2) is 47.4 Å². The van der Waals surface area contributed by atoms with Crippen LogP contribution >= 0.6 is 0 Å². The first-order valence-corrected chi connectivity index (χ1v) is 12.6. The molecule has 1 atom stereocenters. The van der Waals surface area contributed by atoms with Crippen molar-refractivity contribution in [3.05, 3.63) is 42.5 Å². The summed E-state index contributed by atoms with van der Waals surface area (Å²) in [5.41, 5.74) is 0.0787. The van der Waals surface area contributed by atoms with Crippen LogP contribution in [-0.2, 0) is 14.8 Å². The monoisotopic (exact) mass is 516 g/mol. The molecule has 3 rings (SSSR count). The second-order valence-corrected chi connectivity index (χ2v) is 9.76. The number of nitrogens with one attached hydrogen (secondary N) is 2. The summed E-state index contributed by atoms with van der Waals surface area (Å²) in [5, 5.41) is 13.0. The highest BCUT2D eigenvalue weighted by Gasteiger charge is 2.31.